The molecule has 36 heavy (non-hydrogen) atoms. The van der Waals surface area contributed by atoms with Gasteiger partial charge in [-0.1, -0.05) is 54.1 Å². The van der Waals surface area contributed by atoms with Gasteiger partial charge in [0, 0.05) is 16.3 Å². The lowest BCUT2D eigenvalue weighted by Gasteiger charge is -2.18. The molecule has 0 radical (unpaired) electrons. The lowest BCUT2D eigenvalue weighted by atomic mass is 10.1. The topological polar surface area (TPSA) is 67.4 Å². The van der Waals surface area contributed by atoms with Crippen LogP contribution in [0.5, 0.6) is 5.75 Å². The zero-order chi connectivity index (χ0) is 25.5. The predicted molar refractivity (Wildman–Crippen MR) is 142 cm³/mol. The van der Waals surface area contributed by atoms with E-state index >= 15 is 0 Å². The van der Waals surface area contributed by atoms with Crippen molar-refractivity contribution in [2.45, 2.75) is 10.1 Å². The van der Waals surface area contributed by atoms with Gasteiger partial charge in [-0.3, -0.25) is 9.59 Å². The molecule has 2 N–H and O–H groups in total. The highest BCUT2D eigenvalue weighted by Gasteiger charge is 2.22. The summed E-state index contributed by atoms with van der Waals surface area (Å²) in [5.41, 5.74) is 1.87. The van der Waals surface area contributed by atoms with E-state index in [2.05, 4.69) is 10.6 Å². The van der Waals surface area contributed by atoms with Crippen LogP contribution in [0.2, 0.25) is 5.02 Å². The van der Waals surface area contributed by atoms with Crippen LogP contribution in [0.25, 0.3) is 0 Å². The Morgan fingerprint density at radius 3 is 2.19 bits per heavy atom. The van der Waals surface area contributed by atoms with Gasteiger partial charge in [-0.2, -0.15) is 0 Å². The fraction of sp³-hybridized carbons (Fsp3) is 0.0714. The Bertz CT molecular complexity index is 1370. The quantitative estimate of drug-likeness (QED) is 0.241. The molecule has 0 aliphatic rings. The Kier molecular flexibility index (Phi) is 8.25. The Morgan fingerprint density at radius 1 is 0.861 bits per heavy atom. The summed E-state index contributed by atoms with van der Waals surface area (Å²) >= 11 is 7.57. The van der Waals surface area contributed by atoms with Gasteiger partial charge in [0.05, 0.1) is 17.7 Å². The first-order valence-electron chi connectivity index (χ1n) is 11.0. The zero-order valence-corrected chi connectivity index (χ0v) is 20.8. The molecule has 2 amide bonds. The first-order chi connectivity index (χ1) is 17.4. The number of thioether (sulfide) groups is 1. The van der Waals surface area contributed by atoms with E-state index in [9.17, 15) is 14.0 Å². The van der Waals surface area contributed by atoms with Crippen molar-refractivity contribution >= 4 is 46.6 Å². The summed E-state index contributed by atoms with van der Waals surface area (Å²) in [6, 6.07) is 27.3. The van der Waals surface area contributed by atoms with Crippen LogP contribution >= 0.6 is 23.4 Å². The van der Waals surface area contributed by atoms with Crippen LogP contribution in [0.4, 0.5) is 15.8 Å². The van der Waals surface area contributed by atoms with Crippen LogP contribution in [-0.4, -0.2) is 18.9 Å². The Hall–Kier alpha value is -3.81. The van der Waals surface area contributed by atoms with Gasteiger partial charge in [0.1, 0.15) is 16.8 Å². The second-order valence-electron chi connectivity index (χ2n) is 7.71. The summed E-state index contributed by atoms with van der Waals surface area (Å²) in [4.78, 5) is 26.5. The number of ether oxygens (including phenoxy) is 1. The normalized spacial score (nSPS) is 11.4. The molecule has 4 rings (SSSR count). The first kappa shape index (κ1) is 25.3. The number of anilines is 2. The van der Waals surface area contributed by atoms with Crippen LogP contribution in [0.1, 0.15) is 21.2 Å². The zero-order valence-electron chi connectivity index (χ0n) is 19.2. The summed E-state index contributed by atoms with van der Waals surface area (Å²) < 4.78 is 19.1. The van der Waals surface area contributed by atoms with Crippen LogP contribution in [0.3, 0.4) is 0 Å². The van der Waals surface area contributed by atoms with Gasteiger partial charge < -0.3 is 15.4 Å². The highest BCUT2D eigenvalue weighted by molar-refractivity contribution is 8.00. The largest absolute Gasteiger partial charge is 0.495 e. The molecule has 0 heterocycles. The van der Waals surface area contributed by atoms with E-state index in [0.717, 1.165) is 10.5 Å². The van der Waals surface area contributed by atoms with E-state index in [1.807, 2.05) is 30.3 Å². The Labute approximate surface area is 217 Å². The third kappa shape index (κ3) is 6.24. The third-order valence-corrected chi connectivity index (χ3v) is 6.81. The molecule has 0 saturated carbocycles. The second-order valence-corrected chi connectivity index (χ2v) is 9.29. The number of rotatable bonds is 8. The maximum atomic E-state index is 13.9. The van der Waals surface area contributed by atoms with Gasteiger partial charge in [0.2, 0.25) is 5.91 Å². The van der Waals surface area contributed by atoms with E-state index in [-0.39, 0.29) is 11.5 Å². The van der Waals surface area contributed by atoms with E-state index in [1.54, 1.807) is 48.5 Å². The van der Waals surface area contributed by atoms with E-state index in [4.69, 9.17) is 16.3 Å². The average molecular weight is 521 g/mol. The highest BCUT2D eigenvalue weighted by atomic mass is 35.5. The van der Waals surface area contributed by atoms with Gasteiger partial charge in [-0.15, -0.1) is 11.8 Å². The Morgan fingerprint density at radius 2 is 1.53 bits per heavy atom. The molecule has 0 fully saturated rings. The van der Waals surface area contributed by atoms with E-state index < -0.39 is 17.0 Å². The minimum atomic E-state index is -0.586. The number of amides is 2. The molecule has 0 saturated heterocycles. The van der Waals surface area contributed by atoms with Crippen LogP contribution in [-0.2, 0) is 4.79 Å². The maximum Gasteiger partial charge on any atom is 0.258 e. The van der Waals surface area contributed by atoms with Crippen LogP contribution < -0.4 is 15.4 Å². The molecule has 1 unspecified atom stereocenters. The van der Waals surface area contributed by atoms with Crippen molar-refractivity contribution in [2.75, 3.05) is 17.7 Å². The monoisotopic (exact) mass is 520 g/mol. The molecule has 4 aromatic rings. The highest BCUT2D eigenvalue weighted by Crippen LogP contribution is 2.37. The standard InChI is InChI=1S/C28H22ClFN2O3S/c1-35-25-16-13-20(17-23(25)29)32-28(34)26(18-7-3-2-4-8-18)36-21-14-11-19(12-15-21)31-27(33)22-9-5-6-10-24(22)30/h2-17,26H,1H3,(H,31,33)(H,32,34). The third-order valence-electron chi connectivity index (χ3n) is 5.24. The molecular formula is C28H22ClFN2O3S. The van der Waals surface area contributed by atoms with Gasteiger partial charge in [0.15, 0.2) is 0 Å². The van der Waals surface area contributed by atoms with Gasteiger partial charge in [-0.05, 0) is 60.2 Å². The minimum absolute atomic E-state index is 0.0320. The summed E-state index contributed by atoms with van der Waals surface area (Å²) in [6.07, 6.45) is 0. The lowest BCUT2D eigenvalue weighted by Crippen LogP contribution is -2.19. The summed E-state index contributed by atoms with van der Waals surface area (Å²) in [6.45, 7) is 0. The molecule has 182 valence electrons. The molecule has 0 bridgehead atoms. The molecule has 0 aliphatic heterocycles. The molecule has 4 aromatic carbocycles. The average Bonchev–Trinajstić information content (AvgIpc) is 2.89. The number of carbonyl (C=O) groups is 2. The van der Waals surface area contributed by atoms with Crippen molar-refractivity contribution in [2.24, 2.45) is 0 Å². The van der Waals surface area contributed by atoms with E-state index in [0.29, 0.717) is 22.1 Å². The maximum absolute atomic E-state index is 13.9. The molecule has 0 aromatic heterocycles. The molecule has 0 spiro atoms. The van der Waals surface area contributed by atoms with Crippen molar-refractivity contribution in [3.05, 3.63) is 119 Å². The first-order valence-corrected chi connectivity index (χ1v) is 12.2. The summed E-state index contributed by atoms with van der Waals surface area (Å²) in [5.74, 6) is -0.819. The van der Waals surface area contributed by atoms with Gasteiger partial charge in [0.25, 0.3) is 5.91 Å². The van der Waals surface area contributed by atoms with Crippen molar-refractivity contribution in [1.82, 2.24) is 0 Å². The van der Waals surface area contributed by atoms with Gasteiger partial charge >= 0.3 is 0 Å². The van der Waals surface area contributed by atoms with Crippen molar-refractivity contribution in [3.8, 4) is 5.75 Å². The molecule has 1 atom stereocenters. The number of nitrogens with one attached hydrogen (secondary N) is 2. The minimum Gasteiger partial charge on any atom is -0.495 e. The SMILES string of the molecule is COc1ccc(NC(=O)C(Sc2ccc(NC(=O)c3ccccc3F)cc2)c2ccccc2)cc1Cl. The number of hydrogen-bond donors (Lipinski definition) is 2. The van der Waals surface area contributed by atoms with Crippen molar-refractivity contribution in [1.29, 1.82) is 0 Å². The Balaban J connectivity index is 1.50. The molecule has 8 heteroatoms. The second kappa shape index (κ2) is 11.7. The fourth-order valence-corrected chi connectivity index (χ4v) is 4.73. The lowest BCUT2D eigenvalue weighted by molar-refractivity contribution is -0.115. The number of methoxy groups -OCH3 is 1. The molecular weight excluding hydrogens is 499 g/mol. The van der Waals surface area contributed by atoms with E-state index in [1.165, 1.54) is 37.1 Å². The number of hydrogen-bond acceptors (Lipinski definition) is 4. The van der Waals surface area contributed by atoms with Crippen LogP contribution in [0.15, 0.2) is 102 Å². The number of benzene rings is 4. The van der Waals surface area contributed by atoms with Crippen molar-refractivity contribution < 1.29 is 18.7 Å². The smallest absolute Gasteiger partial charge is 0.258 e. The van der Waals surface area contributed by atoms with Gasteiger partial charge in [-0.25, -0.2) is 4.39 Å². The summed E-state index contributed by atoms with van der Waals surface area (Å²) in [5, 5.41) is 5.46. The summed E-state index contributed by atoms with van der Waals surface area (Å²) in [7, 11) is 1.53. The predicted octanol–water partition coefficient (Wildman–Crippen LogP) is 7.21. The number of carbonyl (C=O) groups excluding carboxylic acids is 2. The molecule has 0 aliphatic carbocycles. The van der Waals surface area contributed by atoms with Crippen molar-refractivity contribution in [3.63, 3.8) is 0 Å². The van der Waals surface area contributed by atoms with Crippen LogP contribution in [0, 0.1) is 5.82 Å². The number of halogens is 2. The molecule has 5 nitrogen and oxygen atoms in total. The fourth-order valence-electron chi connectivity index (χ4n) is 3.45.